The third-order valence-corrected chi connectivity index (χ3v) is 2.84. The van der Waals surface area contributed by atoms with E-state index in [9.17, 15) is 4.79 Å². The normalized spacial score (nSPS) is 10.3. The van der Waals surface area contributed by atoms with E-state index in [2.05, 4.69) is 4.98 Å². The van der Waals surface area contributed by atoms with Gasteiger partial charge >= 0.3 is 12.0 Å². The molecule has 0 aliphatic heterocycles. The van der Waals surface area contributed by atoms with Gasteiger partial charge in [0.15, 0.2) is 5.69 Å². The molecule has 0 radical (unpaired) electrons. The molecule has 0 atom stereocenters. The first-order chi connectivity index (χ1) is 9.65. The monoisotopic (exact) mass is 274 g/mol. The maximum absolute atomic E-state index is 11.6. The average Bonchev–Trinajstić information content (AvgIpc) is 2.90. The summed E-state index contributed by atoms with van der Waals surface area (Å²) in [5, 5.41) is 0. The number of aryl methyl sites for hydroxylation is 1. The topological polar surface area (TPSA) is 55.6 Å². The van der Waals surface area contributed by atoms with Crippen LogP contribution in [-0.4, -0.2) is 24.1 Å². The zero-order valence-electron chi connectivity index (χ0n) is 11.9. The van der Waals surface area contributed by atoms with Crippen molar-refractivity contribution in [1.29, 1.82) is 0 Å². The smallest absolute Gasteiger partial charge is 0.360 e. The molecule has 0 unspecified atom stereocenters. The minimum absolute atomic E-state index is 0.188. The van der Waals surface area contributed by atoms with Crippen LogP contribution in [0.4, 0.5) is 11.7 Å². The summed E-state index contributed by atoms with van der Waals surface area (Å²) in [7, 11) is 0. The summed E-state index contributed by atoms with van der Waals surface area (Å²) >= 11 is 0. The van der Waals surface area contributed by atoms with E-state index in [-0.39, 0.29) is 5.69 Å². The third kappa shape index (κ3) is 2.99. The molecule has 0 fully saturated rings. The van der Waals surface area contributed by atoms with E-state index in [1.165, 1.54) is 6.26 Å². The number of ether oxygens (including phenoxy) is 1. The highest BCUT2D eigenvalue weighted by atomic mass is 16.5. The Hall–Kier alpha value is -2.30. The molecule has 0 aliphatic rings. The Morgan fingerprint density at radius 3 is 2.85 bits per heavy atom. The van der Waals surface area contributed by atoms with Gasteiger partial charge in [-0.25, -0.2) is 4.79 Å². The summed E-state index contributed by atoms with van der Waals surface area (Å²) in [4.78, 5) is 17.7. The van der Waals surface area contributed by atoms with E-state index < -0.39 is 5.97 Å². The van der Waals surface area contributed by atoms with Crippen molar-refractivity contribution in [3.05, 3.63) is 41.8 Å². The van der Waals surface area contributed by atoms with Crippen LogP contribution in [0.2, 0.25) is 0 Å². The van der Waals surface area contributed by atoms with Crippen molar-refractivity contribution in [2.24, 2.45) is 0 Å². The minimum atomic E-state index is -0.470. The lowest BCUT2D eigenvalue weighted by Gasteiger charge is -2.18. The van der Waals surface area contributed by atoms with Crippen LogP contribution in [0.15, 0.2) is 34.9 Å². The molecule has 0 bridgehead atoms. The largest absolute Gasteiger partial charge is 0.461 e. The molecular formula is C15H18N2O3. The first-order valence-electron chi connectivity index (χ1n) is 6.62. The number of rotatable bonds is 5. The van der Waals surface area contributed by atoms with Crippen LogP contribution in [-0.2, 0) is 4.74 Å². The van der Waals surface area contributed by atoms with Crippen molar-refractivity contribution in [1.82, 2.24) is 4.98 Å². The summed E-state index contributed by atoms with van der Waals surface area (Å²) in [6, 6.07) is 8.41. The molecule has 0 aliphatic carbocycles. The van der Waals surface area contributed by atoms with Crippen LogP contribution >= 0.6 is 0 Å². The Morgan fingerprint density at radius 1 is 1.40 bits per heavy atom. The molecule has 20 heavy (non-hydrogen) atoms. The minimum Gasteiger partial charge on any atom is -0.461 e. The maximum atomic E-state index is 11.6. The van der Waals surface area contributed by atoms with Crippen LogP contribution in [0.5, 0.6) is 0 Å². The quantitative estimate of drug-likeness (QED) is 0.783. The second-order valence-corrected chi connectivity index (χ2v) is 4.32. The van der Waals surface area contributed by atoms with Crippen LogP contribution in [0.3, 0.4) is 0 Å². The highest BCUT2D eigenvalue weighted by molar-refractivity contribution is 5.87. The number of benzene rings is 1. The number of nitrogens with zero attached hydrogens (tertiary/aromatic N) is 2. The molecule has 0 saturated heterocycles. The van der Waals surface area contributed by atoms with E-state index in [1.807, 2.05) is 43.0 Å². The lowest BCUT2D eigenvalue weighted by molar-refractivity contribution is 0.0519. The number of hydrogen-bond acceptors (Lipinski definition) is 5. The highest BCUT2D eigenvalue weighted by Crippen LogP contribution is 2.25. The summed E-state index contributed by atoms with van der Waals surface area (Å²) < 4.78 is 10.3. The van der Waals surface area contributed by atoms with Gasteiger partial charge in [0, 0.05) is 12.2 Å². The molecule has 1 heterocycles. The van der Waals surface area contributed by atoms with Crippen LogP contribution in [0.1, 0.15) is 29.9 Å². The number of esters is 1. The van der Waals surface area contributed by atoms with Crippen molar-refractivity contribution in [2.45, 2.75) is 20.8 Å². The molecule has 106 valence electrons. The molecule has 1 aromatic heterocycles. The van der Waals surface area contributed by atoms with Gasteiger partial charge in [0.1, 0.15) is 6.26 Å². The molecular weight excluding hydrogens is 256 g/mol. The predicted octanol–water partition coefficient (Wildman–Crippen LogP) is 3.32. The lowest BCUT2D eigenvalue weighted by Crippen LogP contribution is -2.16. The Kier molecular flexibility index (Phi) is 4.40. The summed E-state index contributed by atoms with van der Waals surface area (Å²) in [5.74, 6) is -0.470. The van der Waals surface area contributed by atoms with Gasteiger partial charge < -0.3 is 9.15 Å². The van der Waals surface area contributed by atoms with E-state index in [0.29, 0.717) is 19.2 Å². The van der Waals surface area contributed by atoms with Crippen LogP contribution in [0, 0.1) is 6.92 Å². The zero-order valence-corrected chi connectivity index (χ0v) is 11.9. The van der Waals surface area contributed by atoms with Gasteiger partial charge in [-0.05, 0) is 38.5 Å². The average molecular weight is 274 g/mol. The van der Waals surface area contributed by atoms with Crippen molar-refractivity contribution in [3.8, 4) is 0 Å². The molecule has 0 N–H and O–H groups in total. The predicted molar refractivity (Wildman–Crippen MR) is 76.3 cm³/mol. The molecule has 2 rings (SSSR count). The van der Waals surface area contributed by atoms with Crippen molar-refractivity contribution >= 4 is 17.7 Å². The van der Waals surface area contributed by atoms with Crippen molar-refractivity contribution in [2.75, 3.05) is 18.1 Å². The zero-order chi connectivity index (χ0) is 14.5. The molecule has 0 saturated carbocycles. The highest BCUT2D eigenvalue weighted by Gasteiger charge is 2.18. The summed E-state index contributed by atoms with van der Waals surface area (Å²) in [5.41, 5.74) is 2.32. The van der Waals surface area contributed by atoms with E-state index in [1.54, 1.807) is 6.92 Å². The first-order valence-corrected chi connectivity index (χ1v) is 6.62. The van der Waals surface area contributed by atoms with Gasteiger partial charge in [-0.15, -0.1) is 0 Å². The second kappa shape index (κ2) is 6.23. The van der Waals surface area contributed by atoms with Crippen LogP contribution in [0.25, 0.3) is 0 Å². The summed E-state index contributed by atoms with van der Waals surface area (Å²) in [6.07, 6.45) is 1.33. The van der Waals surface area contributed by atoms with Crippen molar-refractivity contribution < 1.29 is 13.9 Å². The van der Waals surface area contributed by atoms with Gasteiger partial charge in [0.25, 0.3) is 0 Å². The van der Waals surface area contributed by atoms with Gasteiger partial charge in [0.2, 0.25) is 0 Å². The summed E-state index contributed by atoms with van der Waals surface area (Å²) in [6.45, 7) is 6.78. The molecule has 1 aromatic carbocycles. The van der Waals surface area contributed by atoms with E-state index >= 15 is 0 Å². The Labute approximate surface area is 118 Å². The van der Waals surface area contributed by atoms with E-state index in [0.717, 1.165) is 11.3 Å². The maximum Gasteiger partial charge on any atom is 0.360 e. The molecule has 0 amide bonds. The number of aromatic nitrogens is 1. The lowest BCUT2D eigenvalue weighted by atomic mass is 10.2. The number of carbonyl (C=O) groups excluding carboxylic acids is 1. The Bertz CT molecular complexity index is 592. The van der Waals surface area contributed by atoms with Crippen molar-refractivity contribution in [3.63, 3.8) is 0 Å². The first kappa shape index (κ1) is 14.1. The second-order valence-electron chi connectivity index (χ2n) is 4.32. The number of oxazole rings is 1. The number of hydrogen-bond donors (Lipinski definition) is 0. The van der Waals surface area contributed by atoms with Gasteiger partial charge in [0.05, 0.1) is 6.61 Å². The molecule has 5 nitrogen and oxygen atoms in total. The van der Waals surface area contributed by atoms with Gasteiger partial charge in [-0.1, -0.05) is 12.1 Å². The molecule has 0 spiro atoms. The Morgan fingerprint density at radius 2 is 2.20 bits per heavy atom. The van der Waals surface area contributed by atoms with Crippen LogP contribution < -0.4 is 4.90 Å². The standard InChI is InChI=1S/C15H18N2O3/c1-4-17(12-8-6-7-11(3)9-12)15-16-13(10-20-15)14(18)19-5-2/h6-10H,4-5H2,1-3H3. The van der Waals surface area contributed by atoms with Gasteiger partial charge in [-0.2, -0.15) is 4.98 Å². The number of carbonyl (C=O) groups is 1. The van der Waals surface area contributed by atoms with Gasteiger partial charge in [-0.3, -0.25) is 4.90 Å². The third-order valence-electron chi connectivity index (χ3n) is 2.84. The molecule has 5 heteroatoms. The molecule has 2 aromatic rings. The fraction of sp³-hybridized carbons (Fsp3) is 0.333. The number of anilines is 2. The Balaban J connectivity index is 2.26. The van der Waals surface area contributed by atoms with E-state index in [4.69, 9.17) is 9.15 Å². The fourth-order valence-electron chi connectivity index (χ4n) is 1.91. The SMILES string of the molecule is CCOC(=O)c1coc(N(CC)c2cccc(C)c2)n1. The fourth-order valence-corrected chi connectivity index (χ4v) is 1.91.